The first-order valence-electron chi connectivity index (χ1n) is 5.01. The molecule has 1 aliphatic carbocycles. The summed E-state index contributed by atoms with van der Waals surface area (Å²) in [5.41, 5.74) is 0. The Hall–Kier alpha value is -0.740. The summed E-state index contributed by atoms with van der Waals surface area (Å²) in [7, 11) is 0.970. The first-order chi connectivity index (χ1) is 6.43. The third-order valence-electron chi connectivity index (χ3n) is 3.10. The molecule has 1 aliphatic rings. The van der Waals surface area contributed by atoms with Crippen LogP contribution in [0.4, 0.5) is 0 Å². The summed E-state index contributed by atoms with van der Waals surface area (Å²) < 4.78 is 0. The van der Waals surface area contributed by atoms with E-state index in [9.17, 15) is 0 Å². The van der Waals surface area contributed by atoms with Crippen molar-refractivity contribution in [1.29, 1.82) is 0 Å². The zero-order valence-corrected chi connectivity index (χ0v) is 8.59. The topological polar surface area (TPSA) is 0 Å². The normalized spacial score (nSPS) is 18.2. The maximum absolute atomic E-state index is 2.43. The lowest BCUT2D eigenvalue weighted by Gasteiger charge is -2.24. The number of rotatable bonds is 1. The number of hydrogen-bond acceptors (Lipinski definition) is 0. The maximum atomic E-state index is 2.43. The van der Waals surface area contributed by atoms with E-state index in [1.165, 1.54) is 24.6 Å². The second-order valence-electron chi connectivity index (χ2n) is 3.94. The smallest absolute Gasteiger partial charge is 0.00155 e. The second kappa shape index (κ2) is 2.89. The molecule has 0 nitrogen and oxygen atoms in total. The van der Waals surface area contributed by atoms with Crippen molar-refractivity contribution in [2.24, 2.45) is 0 Å². The van der Waals surface area contributed by atoms with Crippen LogP contribution in [0.1, 0.15) is 30.5 Å². The monoisotopic (exact) mass is 188 g/mol. The van der Waals surface area contributed by atoms with Gasteiger partial charge in [0, 0.05) is 0 Å². The largest absolute Gasteiger partial charge is 0.128 e. The molecule has 3 rings (SSSR count). The highest BCUT2D eigenvalue weighted by atomic mass is 31.0. The van der Waals surface area contributed by atoms with Crippen LogP contribution in [0.5, 0.6) is 0 Å². The number of benzene rings is 1. The average molecular weight is 188 g/mol. The molecule has 1 aromatic heterocycles. The Morgan fingerprint density at radius 1 is 1.15 bits per heavy atom. The molecule has 1 heteroatoms. The summed E-state index contributed by atoms with van der Waals surface area (Å²) in [4.78, 5) is 0. The lowest BCUT2D eigenvalue weighted by atomic mass is 9.84. The molecule has 1 heterocycles. The molecule has 0 amide bonds. The molecule has 0 bridgehead atoms. The van der Waals surface area contributed by atoms with Crippen molar-refractivity contribution in [2.75, 3.05) is 0 Å². The van der Waals surface area contributed by atoms with Crippen LogP contribution in [0, 0.1) is 0 Å². The standard InChI is InChI=1S/C12H13P/c1-2-7-11-10(4-1)8-12(13-11)9-5-3-6-9/h1-2,4,7-9,13H,3,5-6H2. The molecule has 0 radical (unpaired) electrons. The van der Waals surface area contributed by atoms with E-state index in [0.717, 1.165) is 14.1 Å². The van der Waals surface area contributed by atoms with E-state index >= 15 is 0 Å². The van der Waals surface area contributed by atoms with Crippen LogP contribution in [0.3, 0.4) is 0 Å². The van der Waals surface area contributed by atoms with Crippen LogP contribution in [0.2, 0.25) is 0 Å². The van der Waals surface area contributed by atoms with Gasteiger partial charge in [-0.3, -0.25) is 0 Å². The zero-order valence-electron chi connectivity index (χ0n) is 7.59. The Bertz CT molecular complexity index is 390. The van der Waals surface area contributed by atoms with Crippen molar-refractivity contribution in [2.45, 2.75) is 25.2 Å². The first kappa shape index (κ1) is 7.64. The molecule has 2 aromatic rings. The summed E-state index contributed by atoms with van der Waals surface area (Å²) in [6.45, 7) is 0. The van der Waals surface area contributed by atoms with Crippen molar-refractivity contribution in [3.63, 3.8) is 0 Å². The van der Waals surface area contributed by atoms with Gasteiger partial charge < -0.3 is 0 Å². The van der Waals surface area contributed by atoms with Crippen LogP contribution in [0.15, 0.2) is 30.3 Å². The highest BCUT2D eigenvalue weighted by molar-refractivity contribution is 7.38. The molecule has 66 valence electrons. The Balaban J connectivity index is 2.10. The first-order valence-corrected chi connectivity index (χ1v) is 6.01. The summed E-state index contributed by atoms with van der Waals surface area (Å²) in [6, 6.07) is 11.2. The van der Waals surface area contributed by atoms with Gasteiger partial charge >= 0.3 is 0 Å². The third kappa shape index (κ3) is 1.21. The molecular weight excluding hydrogens is 175 g/mol. The van der Waals surface area contributed by atoms with Gasteiger partial charge in [-0.15, -0.1) is 8.19 Å². The van der Waals surface area contributed by atoms with Gasteiger partial charge in [0.1, 0.15) is 0 Å². The van der Waals surface area contributed by atoms with E-state index in [2.05, 4.69) is 30.3 Å². The lowest BCUT2D eigenvalue weighted by Crippen LogP contribution is -2.05. The Labute approximate surface area is 80.1 Å². The molecule has 0 spiro atoms. The third-order valence-corrected chi connectivity index (χ3v) is 4.66. The van der Waals surface area contributed by atoms with Gasteiger partial charge in [0.25, 0.3) is 0 Å². The summed E-state index contributed by atoms with van der Waals surface area (Å²) in [5, 5.41) is 4.75. The molecule has 1 atom stereocenters. The quantitative estimate of drug-likeness (QED) is 0.631. The van der Waals surface area contributed by atoms with Crippen molar-refractivity contribution >= 4 is 18.7 Å². The SMILES string of the molecule is c1ccc2[pH]c(C3CCC3)cc2c1. The van der Waals surface area contributed by atoms with Crippen LogP contribution in [-0.2, 0) is 0 Å². The van der Waals surface area contributed by atoms with Crippen LogP contribution in [0.25, 0.3) is 10.5 Å². The molecule has 1 unspecified atom stereocenters. The Morgan fingerprint density at radius 2 is 2.00 bits per heavy atom. The minimum Gasteiger partial charge on any atom is -0.128 e. The lowest BCUT2D eigenvalue weighted by molar-refractivity contribution is 0.426. The fourth-order valence-electron chi connectivity index (χ4n) is 2.03. The van der Waals surface area contributed by atoms with Gasteiger partial charge in [0.15, 0.2) is 0 Å². The average Bonchev–Trinajstić information content (AvgIpc) is 2.43. The van der Waals surface area contributed by atoms with Gasteiger partial charge in [-0.1, -0.05) is 30.7 Å². The molecule has 0 N–H and O–H groups in total. The highest BCUT2D eigenvalue weighted by Crippen LogP contribution is 2.44. The zero-order chi connectivity index (χ0) is 8.67. The molecule has 1 fully saturated rings. The summed E-state index contributed by atoms with van der Waals surface area (Å²) in [6.07, 6.45) is 4.32. The summed E-state index contributed by atoms with van der Waals surface area (Å²) in [5.74, 6) is 0.936. The fraction of sp³-hybridized carbons (Fsp3) is 0.333. The molecule has 1 saturated carbocycles. The molecular formula is C12H13P. The van der Waals surface area contributed by atoms with E-state index in [4.69, 9.17) is 0 Å². The molecule has 1 aromatic carbocycles. The second-order valence-corrected chi connectivity index (χ2v) is 5.31. The van der Waals surface area contributed by atoms with Crippen molar-refractivity contribution in [3.05, 3.63) is 35.6 Å². The van der Waals surface area contributed by atoms with Gasteiger partial charge in [-0.2, -0.15) is 0 Å². The van der Waals surface area contributed by atoms with Crippen molar-refractivity contribution in [1.82, 2.24) is 0 Å². The van der Waals surface area contributed by atoms with E-state index < -0.39 is 0 Å². The summed E-state index contributed by atoms with van der Waals surface area (Å²) >= 11 is 0. The molecule has 13 heavy (non-hydrogen) atoms. The predicted molar refractivity (Wildman–Crippen MR) is 60.0 cm³/mol. The van der Waals surface area contributed by atoms with Crippen molar-refractivity contribution in [3.8, 4) is 0 Å². The van der Waals surface area contributed by atoms with Gasteiger partial charge in [-0.25, -0.2) is 0 Å². The van der Waals surface area contributed by atoms with Crippen LogP contribution >= 0.6 is 8.19 Å². The maximum Gasteiger partial charge on any atom is -0.00155 e. The van der Waals surface area contributed by atoms with E-state index in [1.54, 1.807) is 10.4 Å². The van der Waals surface area contributed by atoms with E-state index in [1.807, 2.05) is 0 Å². The number of hydrogen-bond donors (Lipinski definition) is 0. The predicted octanol–water partition coefficient (Wildman–Crippen LogP) is 4.14. The molecule has 0 aliphatic heterocycles. The van der Waals surface area contributed by atoms with Gasteiger partial charge in [-0.05, 0) is 40.6 Å². The Kier molecular flexibility index (Phi) is 1.70. The van der Waals surface area contributed by atoms with Crippen molar-refractivity contribution < 1.29 is 0 Å². The number of fused-ring (bicyclic) bond motifs is 1. The van der Waals surface area contributed by atoms with E-state index in [0.29, 0.717) is 0 Å². The van der Waals surface area contributed by atoms with E-state index in [-0.39, 0.29) is 0 Å². The minimum atomic E-state index is 0.936. The van der Waals surface area contributed by atoms with Crippen LogP contribution < -0.4 is 0 Å². The Morgan fingerprint density at radius 3 is 2.69 bits per heavy atom. The van der Waals surface area contributed by atoms with Crippen LogP contribution in [-0.4, -0.2) is 0 Å². The fourth-order valence-corrected chi connectivity index (χ4v) is 3.55. The molecule has 0 saturated heterocycles. The minimum absolute atomic E-state index is 0.936. The highest BCUT2D eigenvalue weighted by Gasteiger charge is 2.20. The van der Waals surface area contributed by atoms with Gasteiger partial charge in [0.2, 0.25) is 0 Å². The van der Waals surface area contributed by atoms with Gasteiger partial charge in [0.05, 0.1) is 0 Å².